The van der Waals surface area contributed by atoms with Crippen molar-refractivity contribution in [2.24, 2.45) is 5.92 Å². The topological polar surface area (TPSA) is 58.6 Å². The number of nitrogens with one attached hydrogen (secondary N) is 1. The Hall–Kier alpha value is -1.89. The first kappa shape index (κ1) is 18.9. The fraction of sp³-hybridized carbons (Fsp3) is 0.556. The molecular weight excluding hydrogens is 366 g/mol. The second-order valence-corrected chi connectivity index (χ2v) is 8.20. The van der Waals surface area contributed by atoms with Crippen LogP contribution in [0.25, 0.3) is 0 Å². The molecule has 1 heterocycles. The van der Waals surface area contributed by atoms with E-state index in [9.17, 15) is 18.4 Å². The Labute approximate surface area is 155 Å². The van der Waals surface area contributed by atoms with Crippen LogP contribution in [0.15, 0.2) is 12.1 Å². The zero-order valence-corrected chi connectivity index (χ0v) is 15.6. The van der Waals surface area contributed by atoms with Crippen molar-refractivity contribution in [2.45, 2.75) is 57.7 Å². The number of nitrogens with zero attached hydrogens (tertiary/aromatic N) is 1. The van der Waals surface area contributed by atoms with Gasteiger partial charge in [0.25, 0.3) is 0 Å². The molecule has 3 atom stereocenters. The quantitative estimate of drug-likeness (QED) is 0.769. The summed E-state index contributed by atoms with van der Waals surface area (Å²) in [4.78, 5) is 26.8. The summed E-state index contributed by atoms with van der Waals surface area (Å²) in [5.74, 6) is -2.36. The van der Waals surface area contributed by atoms with Crippen molar-refractivity contribution in [3.8, 4) is 0 Å². The van der Waals surface area contributed by atoms with Gasteiger partial charge < -0.3 is 10.1 Å². The molecule has 2 fully saturated rings. The van der Waals surface area contributed by atoms with Gasteiger partial charge in [0.2, 0.25) is 5.91 Å². The SMILES string of the molecule is CC(C)(C)OC(=O)N1[C@@H]2CC[C@@H](C2)[C@H]1C(=O)Nc1cc(Cl)c(F)cc1F. The Kier molecular flexibility index (Phi) is 4.86. The van der Waals surface area contributed by atoms with Gasteiger partial charge in [-0.25, -0.2) is 13.6 Å². The highest BCUT2D eigenvalue weighted by atomic mass is 35.5. The lowest BCUT2D eigenvalue weighted by Gasteiger charge is -2.35. The minimum atomic E-state index is -0.924. The Balaban J connectivity index is 1.81. The van der Waals surface area contributed by atoms with Crippen LogP contribution in [0.3, 0.4) is 0 Å². The van der Waals surface area contributed by atoms with Crippen molar-refractivity contribution < 1.29 is 23.1 Å². The summed E-state index contributed by atoms with van der Waals surface area (Å²) in [6.07, 6.45) is 1.78. The first-order chi connectivity index (χ1) is 12.1. The van der Waals surface area contributed by atoms with E-state index in [4.69, 9.17) is 16.3 Å². The van der Waals surface area contributed by atoms with Crippen LogP contribution in [0.1, 0.15) is 40.0 Å². The number of rotatable bonds is 2. The van der Waals surface area contributed by atoms with Gasteiger partial charge >= 0.3 is 6.09 Å². The number of fused-ring (bicyclic) bond motifs is 2. The first-order valence-electron chi connectivity index (χ1n) is 8.53. The van der Waals surface area contributed by atoms with Crippen molar-refractivity contribution in [3.63, 3.8) is 0 Å². The maximum Gasteiger partial charge on any atom is 0.411 e. The van der Waals surface area contributed by atoms with E-state index in [1.807, 2.05) is 0 Å². The number of piperidine rings is 1. The second kappa shape index (κ2) is 6.68. The zero-order valence-electron chi connectivity index (χ0n) is 14.8. The molecule has 0 radical (unpaired) electrons. The lowest BCUT2D eigenvalue weighted by molar-refractivity contribution is -0.122. The highest BCUT2D eigenvalue weighted by Crippen LogP contribution is 2.43. The molecule has 1 aliphatic heterocycles. The van der Waals surface area contributed by atoms with Gasteiger partial charge in [0.1, 0.15) is 23.3 Å². The summed E-state index contributed by atoms with van der Waals surface area (Å²) >= 11 is 5.67. The van der Waals surface area contributed by atoms with Crippen LogP contribution in [-0.4, -0.2) is 34.6 Å². The first-order valence-corrected chi connectivity index (χ1v) is 8.91. The van der Waals surface area contributed by atoms with Crippen LogP contribution < -0.4 is 5.32 Å². The van der Waals surface area contributed by atoms with Gasteiger partial charge in [-0.1, -0.05) is 11.6 Å². The molecule has 1 aromatic rings. The highest BCUT2D eigenvalue weighted by Gasteiger charge is 2.52. The molecule has 5 nitrogen and oxygen atoms in total. The van der Waals surface area contributed by atoms with Crippen LogP contribution >= 0.6 is 11.6 Å². The normalized spacial score (nSPS) is 24.7. The summed E-state index contributed by atoms with van der Waals surface area (Å²) in [5.41, 5.74) is -0.899. The Bertz CT molecular complexity index is 751. The Morgan fingerprint density at radius 3 is 2.58 bits per heavy atom. The molecule has 2 bridgehead atoms. The van der Waals surface area contributed by atoms with Crippen LogP contribution in [0.2, 0.25) is 5.02 Å². The van der Waals surface area contributed by atoms with Gasteiger partial charge in [0.15, 0.2) is 0 Å². The molecule has 0 aromatic heterocycles. The van der Waals surface area contributed by atoms with Gasteiger partial charge in [-0.2, -0.15) is 0 Å². The fourth-order valence-electron chi connectivity index (χ4n) is 3.73. The van der Waals surface area contributed by atoms with Gasteiger partial charge in [0, 0.05) is 12.1 Å². The number of hydrogen-bond acceptors (Lipinski definition) is 3. The number of amides is 2. The number of hydrogen-bond donors (Lipinski definition) is 1. The third kappa shape index (κ3) is 3.63. The van der Waals surface area contributed by atoms with Crippen molar-refractivity contribution in [3.05, 3.63) is 28.8 Å². The Morgan fingerprint density at radius 1 is 1.23 bits per heavy atom. The van der Waals surface area contributed by atoms with E-state index in [-0.39, 0.29) is 22.7 Å². The summed E-state index contributed by atoms with van der Waals surface area (Å²) in [7, 11) is 0. The average Bonchev–Trinajstić information content (AvgIpc) is 3.11. The number of carbonyl (C=O) groups is 2. The van der Waals surface area contributed by atoms with E-state index in [2.05, 4.69) is 5.32 Å². The molecule has 1 N–H and O–H groups in total. The Morgan fingerprint density at radius 2 is 1.92 bits per heavy atom. The number of benzene rings is 1. The molecule has 8 heteroatoms. The van der Waals surface area contributed by atoms with Gasteiger partial charge in [-0.3, -0.25) is 9.69 Å². The van der Waals surface area contributed by atoms with E-state index in [0.717, 1.165) is 18.9 Å². The third-order valence-electron chi connectivity index (χ3n) is 4.73. The molecule has 142 valence electrons. The molecule has 0 spiro atoms. The second-order valence-electron chi connectivity index (χ2n) is 7.79. The summed E-state index contributed by atoms with van der Waals surface area (Å²) in [5, 5.41) is 2.15. The molecule has 0 unspecified atom stereocenters. The molecule has 3 rings (SSSR count). The van der Waals surface area contributed by atoms with Gasteiger partial charge in [-0.15, -0.1) is 0 Å². The van der Waals surface area contributed by atoms with Gasteiger partial charge in [-0.05, 0) is 52.0 Å². The van der Waals surface area contributed by atoms with E-state index >= 15 is 0 Å². The lowest BCUT2D eigenvalue weighted by Crippen LogP contribution is -2.52. The molecular formula is C18H21ClF2N2O3. The van der Waals surface area contributed by atoms with E-state index < -0.39 is 35.3 Å². The number of anilines is 1. The van der Waals surface area contributed by atoms with Crippen LogP contribution in [0, 0.1) is 17.6 Å². The fourth-order valence-corrected chi connectivity index (χ4v) is 3.89. The molecule has 1 saturated carbocycles. The van der Waals surface area contributed by atoms with E-state index in [1.165, 1.54) is 4.90 Å². The monoisotopic (exact) mass is 386 g/mol. The summed E-state index contributed by atoms with van der Waals surface area (Å²) in [6.45, 7) is 5.26. The zero-order chi connectivity index (χ0) is 19.2. The molecule has 1 saturated heterocycles. The van der Waals surface area contributed by atoms with Crippen molar-refractivity contribution in [2.75, 3.05) is 5.32 Å². The number of halogens is 3. The number of ether oxygens (including phenoxy) is 1. The summed E-state index contributed by atoms with van der Waals surface area (Å²) < 4.78 is 32.6. The summed E-state index contributed by atoms with van der Waals surface area (Å²) in [6, 6.07) is 0.832. The molecule has 26 heavy (non-hydrogen) atoms. The van der Waals surface area contributed by atoms with Crippen LogP contribution in [0.4, 0.5) is 19.3 Å². The van der Waals surface area contributed by atoms with Crippen molar-refractivity contribution >= 4 is 29.3 Å². The largest absolute Gasteiger partial charge is 0.444 e. The molecule has 2 amide bonds. The maximum absolute atomic E-state index is 13.9. The highest BCUT2D eigenvalue weighted by molar-refractivity contribution is 6.31. The molecule has 1 aromatic carbocycles. The molecule has 1 aliphatic carbocycles. The average molecular weight is 387 g/mol. The molecule has 2 aliphatic rings. The number of carbonyl (C=O) groups excluding carboxylic acids is 2. The lowest BCUT2D eigenvalue weighted by atomic mass is 9.98. The minimum Gasteiger partial charge on any atom is -0.444 e. The van der Waals surface area contributed by atoms with E-state index in [0.29, 0.717) is 12.5 Å². The van der Waals surface area contributed by atoms with Crippen LogP contribution in [-0.2, 0) is 9.53 Å². The smallest absolute Gasteiger partial charge is 0.411 e. The van der Waals surface area contributed by atoms with Crippen molar-refractivity contribution in [1.82, 2.24) is 4.90 Å². The van der Waals surface area contributed by atoms with E-state index in [1.54, 1.807) is 20.8 Å². The predicted octanol–water partition coefficient (Wildman–Crippen LogP) is 4.34. The predicted molar refractivity (Wildman–Crippen MR) is 93.0 cm³/mol. The standard InChI is InChI=1S/C18H21ClF2N2O3/c1-18(2,3)26-17(25)23-10-5-4-9(6-10)15(23)16(24)22-14-7-11(19)12(20)8-13(14)21/h7-10,15H,4-6H2,1-3H3,(H,22,24)/t9-,10+,15-/m0/s1. The number of likely N-dealkylation sites (tertiary alicyclic amines) is 1. The van der Waals surface area contributed by atoms with Gasteiger partial charge in [0.05, 0.1) is 10.7 Å². The third-order valence-corrected chi connectivity index (χ3v) is 5.02. The maximum atomic E-state index is 13.9. The van der Waals surface area contributed by atoms with Crippen LogP contribution in [0.5, 0.6) is 0 Å². The van der Waals surface area contributed by atoms with Crippen molar-refractivity contribution in [1.29, 1.82) is 0 Å². The minimum absolute atomic E-state index is 0.00787.